The monoisotopic (exact) mass is 307 g/mol. The first-order chi connectivity index (χ1) is 10.1. The summed E-state index contributed by atoms with van der Waals surface area (Å²) in [5.41, 5.74) is 1.39. The molecule has 0 aromatic carbocycles. The minimum Gasteiger partial charge on any atom is -0.302 e. The summed E-state index contributed by atoms with van der Waals surface area (Å²) in [5.74, 6) is 0.934. The van der Waals surface area contributed by atoms with E-state index < -0.39 is 0 Å². The molecular formula is C19H37N3. The van der Waals surface area contributed by atoms with E-state index in [9.17, 15) is 0 Å². The maximum Gasteiger partial charge on any atom is 0.0212 e. The topological polar surface area (TPSA) is 9.72 Å². The molecule has 1 atom stereocenters. The lowest BCUT2D eigenvalue weighted by Crippen LogP contribution is -2.74. The molecule has 0 radical (unpaired) electrons. The van der Waals surface area contributed by atoms with E-state index in [0.717, 1.165) is 5.92 Å². The van der Waals surface area contributed by atoms with E-state index in [1.165, 1.54) is 58.7 Å². The Kier molecular flexibility index (Phi) is 4.15. The third-order valence-corrected chi connectivity index (χ3v) is 6.21. The van der Waals surface area contributed by atoms with Crippen molar-refractivity contribution in [3.8, 4) is 0 Å². The molecule has 3 nitrogen and oxygen atoms in total. The quantitative estimate of drug-likeness (QED) is 0.794. The van der Waals surface area contributed by atoms with Crippen LogP contribution in [0.4, 0.5) is 0 Å². The van der Waals surface area contributed by atoms with E-state index >= 15 is 0 Å². The summed E-state index contributed by atoms with van der Waals surface area (Å²) in [6, 6.07) is 0. The number of rotatable bonds is 3. The van der Waals surface area contributed by atoms with Gasteiger partial charge in [-0.1, -0.05) is 0 Å². The third kappa shape index (κ3) is 3.37. The Hall–Kier alpha value is -0.120. The summed E-state index contributed by atoms with van der Waals surface area (Å²) >= 11 is 0. The van der Waals surface area contributed by atoms with E-state index in [0.29, 0.717) is 16.5 Å². The van der Waals surface area contributed by atoms with Crippen LogP contribution in [0.2, 0.25) is 0 Å². The SMILES string of the molecule is CC(C)(C)N1CCC(CCN2CC3(C2)CN(C(C)(C)C)C3)C1. The van der Waals surface area contributed by atoms with E-state index in [1.54, 1.807) is 0 Å². The molecule has 0 saturated carbocycles. The second kappa shape index (κ2) is 5.46. The molecule has 3 rings (SSSR count). The Bertz CT molecular complexity index is 390. The van der Waals surface area contributed by atoms with Crippen LogP contribution in [0.15, 0.2) is 0 Å². The van der Waals surface area contributed by atoms with Gasteiger partial charge in [0.1, 0.15) is 0 Å². The molecule has 0 amide bonds. The van der Waals surface area contributed by atoms with Crippen LogP contribution in [0, 0.1) is 11.3 Å². The van der Waals surface area contributed by atoms with Crippen molar-refractivity contribution in [2.45, 2.75) is 65.5 Å². The predicted molar refractivity (Wildman–Crippen MR) is 94.2 cm³/mol. The van der Waals surface area contributed by atoms with Gasteiger partial charge in [0.2, 0.25) is 0 Å². The Labute approximate surface area is 138 Å². The molecule has 3 heterocycles. The molecule has 0 bridgehead atoms. The fourth-order valence-corrected chi connectivity index (χ4v) is 4.54. The van der Waals surface area contributed by atoms with Crippen molar-refractivity contribution in [1.29, 1.82) is 0 Å². The molecule has 3 heteroatoms. The van der Waals surface area contributed by atoms with Crippen LogP contribution in [-0.4, -0.2) is 71.6 Å². The van der Waals surface area contributed by atoms with Gasteiger partial charge < -0.3 is 4.90 Å². The normalized spacial score (nSPS) is 30.5. The number of hydrogen-bond donors (Lipinski definition) is 0. The van der Waals surface area contributed by atoms with Crippen molar-refractivity contribution in [3.63, 3.8) is 0 Å². The minimum absolute atomic E-state index is 0.359. The fraction of sp³-hybridized carbons (Fsp3) is 1.00. The lowest BCUT2D eigenvalue weighted by molar-refractivity contribution is -0.144. The van der Waals surface area contributed by atoms with Crippen LogP contribution in [0.1, 0.15) is 54.4 Å². The Morgan fingerprint density at radius 1 is 0.864 bits per heavy atom. The largest absolute Gasteiger partial charge is 0.302 e. The average Bonchev–Trinajstić information content (AvgIpc) is 2.70. The second-order valence-corrected chi connectivity index (χ2v) is 10.3. The molecule has 1 spiro atoms. The lowest BCUT2D eigenvalue weighted by atomic mass is 9.71. The highest BCUT2D eigenvalue weighted by atomic mass is 15.3. The molecule has 0 N–H and O–H groups in total. The van der Waals surface area contributed by atoms with Crippen LogP contribution in [0.3, 0.4) is 0 Å². The highest BCUT2D eigenvalue weighted by Crippen LogP contribution is 2.42. The maximum atomic E-state index is 2.71. The molecule has 0 aromatic heterocycles. The average molecular weight is 308 g/mol. The van der Waals surface area contributed by atoms with Gasteiger partial charge in [-0.25, -0.2) is 0 Å². The summed E-state index contributed by atoms with van der Waals surface area (Å²) in [6.45, 7) is 23.4. The standard InChI is InChI=1S/C19H37N3/c1-17(2,3)21-10-8-16(11-21)7-9-20-12-19(13-20)14-22(15-19)18(4,5)6/h16H,7-15H2,1-6H3. The van der Waals surface area contributed by atoms with Crippen LogP contribution in [-0.2, 0) is 0 Å². The smallest absolute Gasteiger partial charge is 0.0212 e. The Morgan fingerprint density at radius 2 is 1.45 bits per heavy atom. The molecule has 0 aliphatic carbocycles. The van der Waals surface area contributed by atoms with Gasteiger partial charge >= 0.3 is 0 Å². The summed E-state index contributed by atoms with van der Waals surface area (Å²) in [7, 11) is 0. The molecule has 128 valence electrons. The maximum absolute atomic E-state index is 2.71. The molecular weight excluding hydrogens is 270 g/mol. The van der Waals surface area contributed by atoms with Crippen LogP contribution < -0.4 is 0 Å². The van der Waals surface area contributed by atoms with Gasteiger partial charge in [0.05, 0.1) is 0 Å². The van der Waals surface area contributed by atoms with Gasteiger partial charge in [-0.3, -0.25) is 9.80 Å². The van der Waals surface area contributed by atoms with Crippen molar-refractivity contribution in [3.05, 3.63) is 0 Å². The first-order valence-corrected chi connectivity index (χ1v) is 9.30. The first kappa shape index (κ1) is 16.7. The van der Waals surface area contributed by atoms with Crippen molar-refractivity contribution in [1.82, 2.24) is 14.7 Å². The predicted octanol–water partition coefficient (Wildman–Crippen LogP) is 2.91. The minimum atomic E-state index is 0.359. The summed E-state index contributed by atoms with van der Waals surface area (Å²) in [5, 5.41) is 0. The van der Waals surface area contributed by atoms with Gasteiger partial charge in [0, 0.05) is 49.2 Å². The van der Waals surface area contributed by atoms with Crippen molar-refractivity contribution in [2.24, 2.45) is 11.3 Å². The summed E-state index contributed by atoms with van der Waals surface area (Å²) in [4.78, 5) is 8.02. The second-order valence-electron chi connectivity index (χ2n) is 10.3. The highest BCUT2D eigenvalue weighted by molar-refractivity contribution is 5.08. The summed E-state index contributed by atoms with van der Waals surface area (Å²) < 4.78 is 0. The first-order valence-electron chi connectivity index (χ1n) is 9.30. The highest BCUT2D eigenvalue weighted by Gasteiger charge is 2.53. The van der Waals surface area contributed by atoms with Gasteiger partial charge in [-0.15, -0.1) is 0 Å². The van der Waals surface area contributed by atoms with E-state index in [4.69, 9.17) is 0 Å². The van der Waals surface area contributed by atoms with Crippen LogP contribution in [0.5, 0.6) is 0 Å². The molecule has 3 fully saturated rings. The molecule has 3 saturated heterocycles. The van der Waals surface area contributed by atoms with E-state index in [-0.39, 0.29) is 0 Å². The Morgan fingerprint density at radius 3 is 1.95 bits per heavy atom. The lowest BCUT2D eigenvalue weighted by Gasteiger charge is -2.63. The number of likely N-dealkylation sites (tertiary alicyclic amines) is 3. The molecule has 3 aliphatic heterocycles. The van der Waals surface area contributed by atoms with Crippen LogP contribution in [0.25, 0.3) is 0 Å². The van der Waals surface area contributed by atoms with Crippen LogP contribution >= 0.6 is 0 Å². The van der Waals surface area contributed by atoms with Crippen molar-refractivity contribution in [2.75, 3.05) is 45.8 Å². The molecule has 0 aromatic rings. The van der Waals surface area contributed by atoms with Gasteiger partial charge in [0.25, 0.3) is 0 Å². The van der Waals surface area contributed by atoms with E-state index in [2.05, 4.69) is 56.2 Å². The number of hydrogen-bond acceptors (Lipinski definition) is 3. The zero-order valence-electron chi connectivity index (χ0n) is 15.8. The van der Waals surface area contributed by atoms with Gasteiger partial charge in [0.15, 0.2) is 0 Å². The van der Waals surface area contributed by atoms with E-state index in [1.807, 2.05) is 0 Å². The molecule has 22 heavy (non-hydrogen) atoms. The molecule has 1 unspecified atom stereocenters. The zero-order valence-corrected chi connectivity index (χ0v) is 15.8. The number of nitrogens with zero attached hydrogens (tertiary/aromatic N) is 3. The van der Waals surface area contributed by atoms with Gasteiger partial charge in [-0.05, 0) is 73.4 Å². The third-order valence-electron chi connectivity index (χ3n) is 6.21. The van der Waals surface area contributed by atoms with Crippen molar-refractivity contribution < 1.29 is 0 Å². The molecule has 3 aliphatic rings. The summed E-state index contributed by atoms with van der Waals surface area (Å²) in [6.07, 6.45) is 2.82. The fourth-order valence-electron chi connectivity index (χ4n) is 4.54. The van der Waals surface area contributed by atoms with Crippen molar-refractivity contribution >= 4 is 0 Å². The Balaban J connectivity index is 1.33. The van der Waals surface area contributed by atoms with Gasteiger partial charge in [-0.2, -0.15) is 0 Å². The zero-order chi connectivity index (χ0) is 16.2.